The number of H-pyrrole nitrogens is 2. The molecule has 1 aromatic carbocycles. The Morgan fingerprint density at radius 1 is 0.973 bits per heavy atom. The molecule has 0 bridgehead atoms. The van der Waals surface area contributed by atoms with Crippen LogP contribution in [0.1, 0.15) is 32.1 Å². The van der Waals surface area contributed by atoms with Gasteiger partial charge in [-0.1, -0.05) is 18.6 Å². The quantitative estimate of drug-likeness (QED) is 0.257. The zero-order valence-electron chi connectivity index (χ0n) is 19.9. The number of rotatable bonds is 5. The van der Waals surface area contributed by atoms with Crippen molar-refractivity contribution in [3.8, 4) is 39.0 Å². The van der Waals surface area contributed by atoms with Crippen LogP contribution in [0.15, 0.2) is 61.1 Å². The van der Waals surface area contributed by atoms with Crippen LogP contribution >= 0.6 is 11.3 Å². The first-order valence-corrected chi connectivity index (χ1v) is 13.2. The summed E-state index contributed by atoms with van der Waals surface area (Å²) < 4.78 is 19.9. The van der Waals surface area contributed by atoms with E-state index in [0.29, 0.717) is 11.5 Å². The van der Waals surface area contributed by atoms with Gasteiger partial charge in [-0.05, 0) is 56.0 Å². The lowest BCUT2D eigenvalue weighted by Gasteiger charge is -2.22. The molecule has 0 atom stereocenters. The summed E-state index contributed by atoms with van der Waals surface area (Å²) in [6, 6.07) is 13.1. The Balaban J connectivity index is 1.26. The minimum atomic E-state index is -0.219. The van der Waals surface area contributed by atoms with Crippen molar-refractivity contribution in [2.45, 2.75) is 38.2 Å². The highest BCUT2D eigenvalue weighted by molar-refractivity contribution is 7.14. The van der Waals surface area contributed by atoms with E-state index < -0.39 is 0 Å². The molecular weight excluding hydrogens is 487 g/mol. The summed E-state index contributed by atoms with van der Waals surface area (Å²) >= 11 is 1.11. The number of fused-ring (bicyclic) bond motifs is 2. The molecule has 7 rings (SSSR count). The Hall–Kier alpha value is -4.11. The number of hydrogen-bond donors (Lipinski definition) is 2. The molecule has 37 heavy (non-hydrogen) atoms. The SMILES string of the molecule is Fc1ccc(-c2cccc3[nH]c(-c4n[nH]c5cnc(-c6cncc(OC7CCCCC7)c6)cc45)nc23)s1. The molecule has 0 saturated heterocycles. The fraction of sp³-hybridized carbons (Fsp3) is 0.214. The number of hydrogen-bond acceptors (Lipinski definition) is 6. The highest BCUT2D eigenvalue weighted by Crippen LogP contribution is 2.35. The summed E-state index contributed by atoms with van der Waals surface area (Å²) in [5.41, 5.74) is 5.70. The smallest absolute Gasteiger partial charge is 0.176 e. The number of nitrogens with zero attached hydrogens (tertiary/aromatic N) is 4. The van der Waals surface area contributed by atoms with Gasteiger partial charge in [0.05, 0.1) is 40.7 Å². The van der Waals surface area contributed by atoms with Crippen molar-refractivity contribution in [2.24, 2.45) is 0 Å². The number of ether oxygens (including phenoxy) is 1. The third kappa shape index (κ3) is 4.15. The zero-order chi connectivity index (χ0) is 24.8. The lowest BCUT2D eigenvalue weighted by atomic mass is 9.98. The molecule has 1 fully saturated rings. The van der Waals surface area contributed by atoms with E-state index in [1.807, 2.05) is 30.3 Å². The molecule has 0 amide bonds. The van der Waals surface area contributed by atoms with E-state index in [-0.39, 0.29) is 11.2 Å². The molecular formula is C28H23FN6OS. The van der Waals surface area contributed by atoms with Gasteiger partial charge < -0.3 is 9.72 Å². The number of aromatic amines is 2. The van der Waals surface area contributed by atoms with Crippen LogP contribution in [0.5, 0.6) is 5.75 Å². The van der Waals surface area contributed by atoms with Crippen LogP contribution in [-0.2, 0) is 0 Å². The monoisotopic (exact) mass is 510 g/mol. The predicted octanol–water partition coefficient (Wildman–Crippen LogP) is 7.14. The van der Waals surface area contributed by atoms with Crippen molar-refractivity contribution < 1.29 is 9.13 Å². The molecule has 2 N–H and O–H groups in total. The fourth-order valence-electron chi connectivity index (χ4n) is 5.06. The van der Waals surface area contributed by atoms with E-state index in [1.165, 1.54) is 25.3 Å². The molecule has 7 nitrogen and oxygen atoms in total. The summed E-state index contributed by atoms with van der Waals surface area (Å²) in [6.07, 6.45) is 11.5. The van der Waals surface area contributed by atoms with Gasteiger partial charge in [0.1, 0.15) is 11.4 Å². The Kier molecular flexibility index (Phi) is 5.43. The van der Waals surface area contributed by atoms with Crippen molar-refractivity contribution in [1.29, 1.82) is 0 Å². The molecule has 6 aromatic rings. The minimum absolute atomic E-state index is 0.219. The molecule has 0 unspecified atom stereocenters. The van der Waals surface area contributed by atoms with Crippen LogP contribution in [0, 0.1) is 5.13 Å². The largest absolute Gasteiger partial charge is 0.489 e. The fourth-order valence-corrected chi connectivity index (χ4v) is 5.81. The van der Waals surface area contributed by atoms with Crippen LogP contribution in [0.2, 0.25) is 0 Å². The normalized spacial score (nSPS) is 14.5. The number of nitrogens with one attached hydrogen (secondary N) is 2. The van der Waals surface area contributed by atoms with E-state index >= 15 is 0 Å². The molecule has 1 aliphatic rings. The highest BCUT2D eigenvalue weighted by Gasteiger charge is 2.18. The number of aromatic nitrogens is 6. The molecule has 0 spiro atoms. The number of benzene rings is 1. The van der Waals surface area contributed by atoms with Crippen LogP contribution in [-0.4, -0.2) is 36.2 Å². The third-order valence-corrected chi connectivity index (χ3v) is 7.79. The van der Waals surface area contributed by atoms with Crippen molar-refractivity contribution in [2.75, 3.05) is 0 Å². The average Bonchev–Trinajstić information content (AvgIpc) is 3.66. The average molecular weight is 511 g/mol. The van der Waals surface area contributed by atoms with E-state index in [9.17, 15) is 4.39 Å². The van der Waals surface area contributed by atoms with Crippen LogP contribution < -0.4 is 4.74 Å². The van der Waals surface area contributed by atoms with E-state index in [1.54, 1.807) is 24.7 Å². The first-order valence-electron chi connectivity index (χ1n) is 12.4. The predicted molar refractivity (Wildman–Crippen MR) is 143 cm³/mol. The first kappa shape index (κ1) is 22.1. The van der Waals surface area contributed by atoms with E-state index in [0.717, 1.165) is 73.6 Å². The summed E-state index contributed by atoms with van der Waals surface area (Å²) in [4.78, 5) is 18.1. The van der Waals surface area contributed by atoms with Gasteiger partial charge in [0.15, 0.2) is 11.0 Å². The standard InChI is InChI=1S/C28H23FN6OS/c29-25-10-9-24(37-25)19-7-4-8-21-26(19)33-28(32-21)27-20-12-22(31-15-23(20)34-35-27)16-11-18(14-30-13-16)36-17-5-2-1-3-6-17/h4,7-15,17H,1-3,5-6H2,(H,32,33)(H,34,35). The summed E-state index contributed by atoms with van der Waals surface area (Å²) in [5.74, 6) is 1.41. The van der Waals surface area contributed by atoms with Gasteiger partial charge in [-0.3, -0.25) is 15.1 Å². The van der Waals surface area contributed by atoms with Crippen molar-refractivity contribution in [3.63, 3.8) is 0 Å². The molecule has 0 aliphatic heterocycles. The summed E-state index contributed by atoms with van der Waals surface area (Å²) in [7, 11) is 0. The second kappa shape index (κ2) is 9.08. The van der Waals surface area contributed by atoms with Gasteiger partial charge in [-0.25, -0.2) is 4.98 Å². The number of thiophene rings is 1. The highest BCUT2D eigenvalue weighted by atomic mass is 32.1. The molecule has 5 aromatic heterocycles. The molecule has 0 radical (unpaired) electrons. The Morgan fingerprint density at radius 2 is 1.89 bits per heavy atom. The van der Waals surface area contributed by atoms with Gasteiger partial charge in [0.2, 0.25) is 0 Å². The third-order valence-electron chi connectivity index (χ3n) is 6.89. The Labute approximate surface area is 215 Å². The summed E-state index contributed by atoms with van der Waals surface area (Å²) in [5, 5.41) is 8.28. The maximum Gasteiger partial charge on any atom is 0.176 e. The number of halogens is 1. The van der Waals surface area contributed by atoms with E-state index in [4.69, 9.17) is 9.72 Å². The van der Waals surface area contributed by atoms with Gasteiger partial charge in [-0.15, -0.1) is 11.3 Å². The maximum absolute atomic E-state index is 13.7. The topological polar surface area (TPSA) is 92.4 Å². The maximum atomic E-state index is 13.7. The van der Waals surface area contributed by atoms with Gasteiger partial charge in [0.25, 0.3) is 0 Å². The molecule has 9 heteroatoms. The zero-order valence-corrected chi connectivity index (χ0v) is 20.7. The lowest BCUT2D eigenvalue weighted by Crippen LogP contribution is -2.19. The minimum Gasteiger partial charge on any atom is -0.489 e. The van der Waals surface area contributed by atoms with Crippen molar-refractivity contribution >= 4 is 33.3 Å². The lowest BCUT2D eigenvalue weighted by molar-refractivity contribution is 0.154. The molecule has 5 heterocycles. The number of para-hydroxylation sites is 1. The first-order chi connectivity index (χ1) is 18.2. The number of imidazole rings is 1. The molecule has 184 valence electrons. The van der Waals surface area contributed by atoms with Crippen LogP contribution in [0.3, 0.4) is 0 Å². The second-order valence-corrected chi connectivity index (χ2v) is 10.4. The number of pyridine rings is 2. The van der Waals surface area contributed by atoms with Gasteiger partial charge in [-0.2, -0.15) is 9.49 Å². The Morgan fingerprint density at radius 3 is 2.76 bits per heavy atom. The summed E-state index contributed by atoms with van der Waals surface area (Å²) in [6.45, 7) is 0. The van der Waals surface area contributed by atoms with E-state index in [2.05, 4.69) is 25.1 Å². The molecule has 1 saturated carbocycles. The van der Waals surface area contributed by atoms with Crippen molar-refractivity contribution in [3.05, 3.63) is 66.2 Å². The van der Waals surface area contributed by atoms with Crippen molar-refractivity contribution in [1.82, 2.24) is 30.1 Å². The van der Waals surface area contributed by atoms with Gasteiger partial charge >= 0.3 is 0 Å². The van der Waals surface area contributed by atoms with Crippen LogP contribution in [0.25, 0.3) is 55.2 Å². The second-order valence-electron chi connectivity index (χ2n) is 9.37. The molecule has 1 aliphatic carbocycles. The van der Waals surface area contributed by atoms with Crippen LogP contribution in [0.4, 0.5) is 4.39 Å². The Bertz CT molecular complexity index is 1730. The van der Waals surface area contributed by atoms with Gasteiger partial charge in [0, 0.05) is 27.6 Å².